The molecule has 4 heterocycles. The van der Waals surface area contributed by atoms with Crippen molar-refractivity contribution in [1.82, 2.24) is 19.8 Å². The van der Waals surface area contributed by atoms with E-state index in [0.717, 1.165) is 76.5 Å². The summed E-state index contributed by atoms with van der Waals surface area (Å²) in [7, 11) is 0. The van der Waals surface area contributed by atoms with Crippen LogP contribution in [0.25, 0.3) is 0 Å². The largest absolute Gasteiger partial charge is 0.378 e. The molecule has 3 saturated heterocycles. The second kappa shape index (κ2) is 8.74. The summed E-state index contributed by atoms with van der Waals surface area (Å²) in [6.45, 7) is 11.1. The van der Waals surface area contributed by atoms with Crippen molar-refractivity contribution in [2.75, 3.05) is 57.4 Å². The molecule has 0 aromatic carbocycles. The van der Waals surface area contributed by atoms with Crippen molar-refractivity contribution >= 4 is 11.7 Å². The smallest absolute Gasteiger partial charge is 0.227 e. The average molecular weight is 388 g/mol. The van der Waals surface area contributed by atoms with E-state index in [0.29, 0.717) is 25.2 Å². The first kappa shape index (κ1) is 19.6. The molecule has 3 aliphatic rings. The molecule has 28 heavy (non-hydrogen) atoms. The number of anilines is 1. The standard InChI is InChI=1S/C21H33N5O2/c1-16-17(2)22-15-23-20(16)24-8-5-19(6-9-24)26-7-3-4-18(14-26)21(27)25-10-12-28-13-11-25/h15,18-19H,3-14H2,1-2H3/t18-/m1/s1. The number of carbonyl (C=O) groups excluding carboxylic acids is 1. The number of hydrogen-bond acceptors (Lipinski definition) is 6. The lowest BCUT2D eigenvalue weighted by Crippen LogP contribution is -2.52. The normalized spacial score (nSPS) is 25.1. The number of piperidine rings is 2. The molecule has 1 aromatic heterocycles. The summed E-state index contributed by atoms with van der Waals surface area (Å²) in [5, 5.41) is 0. The van der Waals surface area contributed by atoms with E-state index in [1.165, 1.54) is 5.56 Å². The van der Waals surface area contributed by atoms with Gasteiger partial charge in [0, 0.05) is 50.0 Å². The number of hydrogen-bond donors (Lipinski definition) is 0. The SMILES string of the molecule is Cc1ncnc(N2CCC(N3CCC[C@@H](C(=O)N4CCOCC4)C3)CC2)c1C. The van der Waals surface area contributed by atoms with Crippen molar-refractivity contribution in [3.8, 4) is 0 Å². The van der Waals surface area contributed by atoms with E-state index >= 15 is 0 Å². The van der Waals surface area contributed by atoms with Gasteiger partial charge >= 0.3 is 0 Å². The Bertz CT molecular complexity index is 683. The van der Waals surface area contributed by atoms with Crippen molar-refractivity contribution in [2.24, 2.45) is 5.92 Å². The van der Waals surface area contributed by atoms with Crippen LogP contribution >= 0.6 is 0 Å². The van der Waals surface area contributed by atoms with Gasteiger partial charge in [-0.1, -0.05) is 0 Å². The summed E-state index contributed by atoms with van der Waals surface area (Å²) >= 11 is 0. The molecule has 1 aromatic rings. The van der Waals surface area contributed by atoms with Gasteiger partial charge < -0.3 is 14.5 Å². The van der Waals surface area contributed by atoms with Gasteiger partial charge in [-0.05, 0) is 46.1 Å². The third-order valence-electron chi connectivity index (χ3n) is 6.71. The maximum absolute atomic E-state index is 12.9. The zero-order valence-electron chi connectivity index (χ0n) is 17.3. The van der Waals surface area contributed by atoms with Gasteiger partial charge in [0.05, 0.1) is 19.1 Å². The predicted octanol–water partition coefficient (Wildman–Crippen LogP) is 1.63. The molecule has 0 radical (unpaired) electrons. The monoisotopic (exact) mass is 387 g/mol. The number of nitrogens with zero attached hydrogens (tertiary/aromatic N) is 5. The zero-order chi connectivity index (χ0) is 19.5. The lowest BCUT2D eigenvalue weighted by atomic mass is 9.92. The van der Waals surface area contributed by atoms with E-state index in [4.69, 9.17) is 4.74 Å². The molecule has 1 atom stereocenters. The molecule has 7 heteroatoms. The molecule has 3 aliphatic heterocycles. The molecule has 0 bridgehead atoms. The molecular weight excluding hydrogens is 354 g/mol. The number of amides is 1. The van der Waals surface area contributed by atoms with E-state index in [1.54, 1.807) is 6.33 Å². The Morgan fingerprint density at radius 1 is 1.04 bits per heavy atom. The molecule has 7 nitrogen and oxygen atoms in total. The van der Waals surface area contributed by atoms with Crippen molar-refractivity contribution < 1.29 is 9.53 Å². The van der Waals surface area contributed by atoms with E-state index in [1.807, 2.05) is 11.8 Å². The first-order chi connectivity index (χ1) is 13.6. The van der Waals surface area contributed by atoms with Gasteiger partial charge in [0.25, 0.3) is 0 Å². The Morgan fingerprint density at radius 2 is 1.79 bits per heavy atom. The summed E-state index contributed by atoms with van der Waals surface area (Å²) < 4.78 is 5.40. The first-order valence-corrected chi connectivity index (χ1v) is 10.8. The molecule has 0 N–H and O–H groups in total. The Labute approximate surface area is 168 Å². The van der Waals surface area contributed by atoms with E-state index in [2.05, 4.69) is 26.7 Å². The Kier molecular flexibility index (Phi) is 6.11. The van der Waals surface area contributed by atoms with Gasteiger partial charge in [-0.3, -0.25) is 9.69 Å². The molecule has 0 aliphatic carbocycles. The van der Waals surface area contributed by atoms with Crippen LogP contribution in [0, 0.1) is 19.8 Å². The molecule has 0 saturated carbocycles. The maximum Gasteiger partial charge on any atom is 0.227 e. The van der Waals surface area contributed by atoms with Crippen molar-refractivity contribution in [3.63, 3.8) is 0 Å². The van der Waals surface area contributed by atoms with Crippen LogP contribution in [0.2, 0.25) is 0 Å². The zero-order valence-corrected chi connectivity index (χ0v) is 17.3. The highest BCUT2D eigenvalue weighted by molar-refractivity contribution is 5.79. The highest BCUT2D eigenvalue weighted by Gasteiger charge is 2.34. The Hall–Kier alpha value is -1.73. The van der Waals surface area contributed by atoms with Gasteiger partial charge in [0.1, 0.15) is 12.1 Å². The van der Waals surface area contributed by atoms with Crippen molar-refractivity contribution in [1.29, 1.82) is 0 Å². The molecule has 3 fully saturated rings. The topological polar surface area (TPSA) is 61.8 Å². The summed E-state index contributed by atoms with van der Waals surface area (Å²) in [6.07, 6.45) is 6.12. The van der Waals surface area contributed by atoms with Crippen molar-refractivity contribution in [3.05, 3.63) is 17.6 Å². The molecule has 4 rings (SSSR count). The summed E-state index contributed by atoms with van der Waals surface area (Å²) in [6, 6.07) is 0.583. The van der Waals surface area contributed by atoms with Crippen LogP contribution in [0.3, 0.4) is 0 Å². The van der Waals surface area contributed by atoms with Crippen LogP contribution < -0.4 is 4.90 Å². The number of aromatic nitrogens is 2. The van der Waals surface area contributed by atoms with Gasteiger partial charge in [-0.25, -0.2) is 9.97 Å². The average Bonchev–Trinajstić information content (AvgIpc) is 2.76. The molecule has 154 valence electrons. The highest BCUT2D eigenvalue weighted by atomic mass is 16.5. The lowest BCUT2D eigenvalue weighted by Gasteiger charge is -2.43. The number of ether oxygens (including phenoxy) is 1. The minimum absolute atomic E-state index is 0.164. The highest BCUT2D eigenvalue weighted by Crippen LogP contribution is 2.28. The van der Waals surface area contributed by atoms with Crippen LogP contribution in [0.4, 0.5) is 5.82 Å². The van der Waals surface area contributed by atoms with Gasteiger partial charge in [-0.15, -0.1) is 0 Å². The predicted molar refractivity (Wildman–Crippen MR) is 108 cm³/mol. The Morgan fingerprint density at radius 3 is 2.54 bits per heavy atom. The van der Waals surface area contributed by atoms with Crippen LogP contribution in [-0.2, 0) is 9.53 Å². The fourth-order valence-corrected chi connectivity index (χ4v) is 4.87. The summed E-state index contributed by atoms with van der Waals surface area (Å²) in [5.41, 5.74) is 2.25. The minimum Gasteiger partial charge on any atom is -0.378 e. The third kappa shape index (κ3) is 4.15. The number of morpholine rings is 1. The third-order valence-corrected chi connectivity index (χ3v) is 6.71. The molecule has 0 unspecified atom stereocenters. The maximum atomic E-state index is 12.9. The van der Waals surface area contributed by atoms with Gasteiger partial charge in [-0.2, -0.15) is 0 Å². The van der Waals surface area contributed by atoms with E-state index < -0.39 is 0 Å². The number of carbonyl (C=O) groups is 1. The van der Waals surface area contributed by atoms with Crippen molar-refractivity contribution in [2.45, 2.75) is 45.6 Å². The minimum atomic E-state index is 0.164. The molecule has 0 spiro atoms. The fraction of sp³-hybridized carbons (Fsp3) is 0.762. The van der Waals surface area contributed by atoms with Crippen LogP contribution in [0.5, 0.6) is 0 Å². The first-order valence-electron chi connectivity index (χ1n) is 10.8. The van der Waals surface area contributed by atoms with Gasteiger partial charge in [0.15, 0.2) is 0 Å². The number of aryl methyl sites for hydroxylation is 1. The van der Waals surface area contributed by atoms with Crippen LogP contribution in [0.15, 0.2) is 6.33 Å². The van der Waals surface area contributed by atoms with Crippen LogP contribution in [-0.4, -0.2) is 84.2 Å². The summed E-state index contributed by atoms with van der Waals surface area (Å²) in [5.74, 6) is 1.60. The van der Waals surface area contributed by atoms with Crippen LogP contribution in [0.1, 0.15) is 36.9 Å². The second-order valence-corrected chi connectivity index (χ2v) is 8.40. The van der Waals surface area contributed by atoms with E-state index in [-0.39, 0.29) is 5.92 Å². The van der Waals surface area contributed by atoms with Gasteiger partial charge in [0.2, 0.25) is 5.91 Å². The fourth-order valence-electron chi connectivity index (χ4n) is 4.87. The number of likely N-dealkylation sites (tertiary alicyclic amines) is 1. The quantitative estimate of drug-likeness (QED) is 0.786. The summed E-state index contributed by atoms with van der Waals surface area (Å²) in [4.78, 5) is 28.7. The van der Waals surface area contributed by atoms with E-state index in [9.17, 15) is 4.79 Å². The molecular formula is C21H33N5O2. The number of rotatable bonds is 3. The molecule has 1 amide bonds. The Balaban J connectivity index is 1.33. The second-order valence-electron chi connectivity index (χ2n) is 8.40. The lowest BCUT2D eigenvalue weighted by molar-refractivity contribution is -0.141.